The summed E-state index contributed by atoms with van der Waals surface area (Å²) in [6.45, 7) is 6.75. The van der Waals surface area contributed by atoms with Gasteiger partial charge >= 0.3 is 0 Å². The lowest BCUT2D eigenvalue weighted by atomic mass is 9.87. The van der Waals surface area contributed by atoms with Crippen LogP contribution in [0, 0.1) is 5.41 Å². The summed E-state index contributed by atoms with van der Waals surface area (Å²) in [4.78, 5) is 11.5. The van der Waals surface area contributed by atoms with Crippen molar-refractivity contribution in [3.8, 4) is 0 Å². The van der Waals surface area contributed by atoms with Gasteiger partial charge in [-0.2, -0.15) is 0 Å². The van der Waals surface area contributed by atoms with Crippen LogP contribution >= 0.6 is 15.9 Å². The fourth-order valence-corrected chi connectivity index (χ4v) is 1.51. The van der Waals surface area contributed by atoms with E-state index in [9.17, 15) is 4.79 Å². The first-order valence-electron chi connectivity index (χ1n) is 4.92. The molecule has 0 saturated carbocycles. The fraction of sp³-hybridized carbons (Fsp3) is 0.545. The molecule has 0 amide bonds. The summed E-state index contributed by atoms with van der Waals surface area (Å²) >= 11 is 3.34. The number of aromatic nitrogens is 1. The maximum atomic E-state index is 11.5. The van der Waals surface area contributed by atoms with Crippen molar-refractivity contribution in [3.05, 3.63) is 33.2 Å². The van der Waals surface area contributed by atoms with Crippen LogP contribution in [-0.4, -0.2) is 10.6 Å². The first kappa shape index (κ1) is 12.5. The lowest BCUT2D eigenvalue weighted by molar-refractivity contribution is 0.289. The van der Waals surface area contributed by atoms with Crippen molar-refractivity contribution in [3.63, 3.8) is 0 Å². The smallest absolute Gasteiger partial charge is 0.250 e. The summed E-state index contributed by atoms with van der Waals surface area (Å²) in [6.07, 6.45) is 1.77. The maximum absolute atomic E-state index is 11.5. The van der Waals surface area contributed by atoms with E-state index < -0.39 is 0 Å². The average molecular weight is 273 g/mol. The predicted molar refractivity (Wildman–Crippen MR) is 65.8 cm³/mol. The highest BCUT2D eigenvalue weighted by Gasteiger charge is 2.21. The Hall–Kier alpha value is -0.610. The molecule has 1 aromatic heterocycles. The second-order valence-electron chi connectivity index (χ2n) is 4.81. The van der Waals surface area contributed by atoms with Crippen molar-refractivity contribution < 1.29 is 0 Å². The summed E-state index contributed by atoms with van der Waals surface area (Å²) in [5, 5.41) is 0. The monoisotopic (exact) mass is 272 g/mol. The van der Waals surface area contributed by atoms with Gasteiger partial charge in [-0.25, -0.2) is 0 Å². The molecule has 0 saturated heterocycles. The minimum absolute atomic E-state index is 0.00174. The molecule has 1 atom stereocenters. The molecule has 1 heterocycles. The van der Waals surface area contributed by atoms with E-state index in [1.165, 1.54) is 0 Å². The van der Waals surface area contributed by atoms with Gasteiger partial charge in [-0.1, -0.05) is 20.8 Å². The van der Waals surface area contributed by atoms with Crippen LogP contribution in [-0.2, 0) is 6.54 Å². The van der Waals surface area contributed by atoms with Gasteiger partial charge in [0.25, 0.3) is 5.56 Å². The molecule has 84 valence electrons. The van der Waals surface area contributed by atoms with Crippen LogP contribution in [0.1, 0.15) is 20.8 Å². The van der Waals surface area contributed by atoms with E-state index in [1.807, 2.05) is 0 Å². The minimum Gasteiger partial charge on any atom is -0.326 e. The summed E-state index contributed by atoms with van der Waals surface area (Å²) < 4.78 is 2.53. The SMILES string of the molecule is CC(C)(C)C(N)Cn1cc(Br)ccc1=O. The number of nitrogens with two attached hydrogens (primary N) is 1. The molecule has 0 aliphatic heterocycles. The fourth-order valence-electron chi connectivity index (χ4n) is 1.13. The van der Waals surface area contributed by atoms with Crippen LogP contribution in [0.4, 0.5) is 0 Å². The van der Waals surface area contributed by atoms with Crippen molar-refractivity contribution in [2.75, 3.05) is 0 Å². The van der Waals surface area contributed by atoms with Gasteiger partial charge in [0.1, 0.15) is 0 Å². The van der Waals surface area contributed by atoms with Gasteiger partial charge in [-0.15, -0.1) is 0 Å². The highest BCUT2D eigenvalue weighted by atomic mass is 79.9. The van der Waals surface area contributed by atoms with Crippen LogP contribution in [0.15, 0.2) is 27.6 Å². The first-order chi connectivity index (χ1) is 6.80. The van der Waals surface area contributed by atoms with Crippen LogP contribution in [0.25, 0.3) is 0 Å². The minimum atomic E-state index is -0.0375. The molecule has 2 N–H and O–H groups in total. The standard InChI is InChI=1S/C11H17BrN2O/c1-11(2,3)9(13)7-14-6-8(12)4-5-10(14)15/h4-6,9H,7,13H2,1-3H3. The van der Waals surface area contributed by atoms with Gasteiger partial charge < -0.3 is 10.3 Å². The number of hydrogen-bond donors (Lipinski definition) is 1. The maximum Gasteiger partial charge on any atom is 0.250 e. The van der Waals surface area contributed by atoms with E-state index in [2.05, 4.69) is 36.7 Å². The second kappa shape index (κ2) is 4.49. The molecule has 1 rings (SSSR count). The number of pyridine rings is 1. The van der Waals surface area contributed by atoms with Gasteiger partial charge in [0.2, 0.25) is 0 Å². The van der Waals surface area contributed by atoms with E-state index in [-0.39, 0.29) is 17.0 Å². The Kier molecular flexibility index (Phi) is 3.73. The third-order valence-electron chi connectivity index (χ3n) is 2.45. The summed E-state index contributed by atoms with van der Waals surface area (Å²) in [5.41, 5.74) is 6.01. The molecular weight excluding hydrogens is 256 g/mol. The average Bonchev–Trinajstić information content (AvgIpc) is 2.09. The molecule has 15 heavy (non-hydrogen) atoms. The van der Waals surface area contributed by atoms with Crippen molar-refractivity contribution in [1.82, 2.24) is 4.57 Å². The van der Waals surface area contributed by atoms with Crippen LogP contribution in [0.5, 0.6) is 0 Å². The Morgan fingerprint density at radius 3 is 2.60 bits per heavy atom. The van der Waals surface area contributed by atoms with E-state index in [4.69, 9.17) is 5.73 Å². The molecule has 0 radical (unpaired) electrons. The highest BCUT2D eigenvalue weighted by Crippen LogP contribution is 2.18. The molecule has 0 aliphatic carbocycles. The van der Waals surface area contributed by atoms with Gasteiger partial charge in [-0.05, 0) is 27.4 Å². The van der Waals surface area contributed by atoms with Gasteiger partial charge in [0.05, 0.1) is 0 Å². The number of halogens is 1. The van der Waals surface area contributed by atoms with E-state index in [1.54, 1.807) is 22.9 Å². The van der Waals surface area contributed by atoms with Gasteiger partial charge in [0, 0.05) is 29.3 Å². The lowest BCUT2D eigenvalue weighted by Gasteiger charge is -2.27. The van der Waals surface area contributed by atoms with Gasteiger partial charge in [-0.3, -0.25) is 4.79 Å². The molecule has 1 unspecified atom stereocenters. The Bertz CT molecular complexity index is 392. The molecule has 0 aliphatic rings. The molecule has 0 spiro atoms. The normalized spacial score (nSPS) is 13.9. The van der Waals surface area contributed by atoms with E-state index >= 15 is 0 Å². The first-order valence-corrected chi connectivity index (χ1v) is 5.71. The summed E-state index contributed by atoms with van der Waals surface area (Å²) in [5.74, 6) is 0. The Morgan fingerprint density at radius 1 is 1.47 bits per heavy atom. The van der Waals surface area contributed by atoms with Crippen LogP contribution in [0.3, 0.4) is 0 Å². The van der Waals surface area contributed by atoms with Crippen LogP contribution < -0.4 is 11.3 Å². The number of hydrogen-bond acceptors (Lipinski definition) is 2. The largest absolute Gasteiger partial charge is 0.326 e. The van der Waals surface area contributed by atoms with Crippen LogP contribution in [0.2, 0.25) is 0 Å². The Morgan fingerprint density at radius 2 is 2.07 bits per heavy atom. The number of nitrogens with zero attached hydrogens (tertiary/aromatic N) is 1. The third kappa shape index (κ3) is 3.47. The zero-order valence-electron chi connectivity index (χ0n) is 9.33. The molecule has 3 nitrogen and oxygen atoms in total. The quantitative estimate of drug-likeness (QED) is 0.895. The van der Waals surface area contributed by atoms with E-state index in [0.29, 0.717) is 6.54 Å². The molecule has 4 heteroatoms. The van der Waals surface area contributed by atoms with Crippen molar-refractivity contribution in [1.29, 1.82) is 0 Å². The Balaban J connectivity index is 2.90. The van der Waals surface area contributed by atoms with Crippen molar-refractivity contribution in [2.24, 2.45) is 11.1 Å². The van der Waals surface area contributed by atoms with E-state index in [0.717, 1.165) is 4.47 Å². The zero-order chi connectivity index (χ0) is 11.6. The lowest BCUT2D eigenvalue weighted by Crippen LogP contribution is -2.41. The Labute approximate surface area is 98.4 Å². The molecule has 0 aromatic carbocycles. The molecule has 0 bridgehead atoms. The molecular formula is C11H17BrN2O. The predicted octanol–water partition coefficient (Wildman–Crippen LogP) is 1.98. The highest BCUT2D eigenvalue weighted by molar-refractivity contribution is 9.10. The second-order valence-corrected chi connectivity index (χ2v) is 5.73. The summed E-state index contributed by atoms with van der Waals surface area (Å²) in [6, 6.07) is 3.24. The van der Waals surface area contributed by atoms with Gasteiger partial charge in [0.15, 0.2) is 0 Å². The van der Waals surface area contributed by atoms with Crippen molar-refractivity contribution >= 4 is 15.9 Å². The molecule has 1 aromatic rings. The topological polar surface area (TPSA) is 48.0 Å². The third-order valence-corrected chi connectivity index (χ3v) is 2.92. The zero-order valence-corrected chi connectivity index (χ0v) is 10.9. The van der Waals surface area contributed by atoms with Crippen molar-refractivity contribution in [2.45, 2.75) is 33.4 Å². The molecule has 0 fully saturated rings. The summed E-state index contributed by atoms with van der Waals surface area (Å²) in [7, 11) is 0. The number of rotatable bonds is 2.